The highest BCUT2D eigenvalue weighted by molar-refractivity contribution is 6.23. The Labute approximate surface area is 199 Å². The number of rotatable bonds is 7. The summed E-state index contributed by atoms with van der Waals surface area (Å²) in [7, 11) is 1.39. The maximum atomic E-state index is 12.8. The zero-order chi connectivity index (χ0) is 24.0. The highest BCUT2D eigenvalue weighted by atomic mass is 35.5. The molecule has 1 aromatic heterocycles. The first-order valence-electron chi connectivity index (χ1n) is 10.8. The Hall–Kier alpha value is -2.96. The van der Waals surface area contributed by atoms with E-state index in [0.29, 0.717) is 24.4 Å². The monoisotopic (exact) mass is 468 g/mol. The van der Waals surface area contributed by atoms with Gasteiger partial charge in [0, 0.05) is 25.5 Å². The number of methoxy groups -OCH3 is 1. The average Bonchev–Trinajstić information content (AvgIpc) is 2.83. The van der Waals surface area contributed by atoms with Gasteiger partial charge in [-0.2, -0.15) is 0 Å². The van der Waals surface area contributed by atoms with Gasteiger partial charge in [0.15, 0.2) is 0 Å². The molecule has 0 saturated carbocycles. The third-order valence-electron chi connectivity index (χ3n) is 5.91. The minimum absolute atomic E-state index is 0.111. The van der Waals surface area contributed by atoms with Gasteiger partial charge < -0.3 is 9.47 Å². The molecule has 6 nitrogen and oxygen atoms in total. The molecule has 0 fully saturated rings. The quantitative estimate of drug-likeness (QED) is 0.252. The smallest absolute Gasteiger partial charge is 0.345 e. The van der Waals surface area contributed by atoms with Gasteiger partial charge in [0.05, 0.1) is 18.1 Å². The minimum Gasteiger partial charge on any atom is -0.468 e. The maximum absolute atomic E-state index is 12.8. The van der Waals surface area contributed by atoms with E-state index in [-0.39, 0.29) is 17.3 Å². The minimum atomic E-state index is -0.591. The Balaban J connectivity index is 1.84. The van der Waals surface area contributed by atoms with Crippen LogP contribution in [-0.2, 0) is 14.3 Å². The van der Waals surface area contributed by atoms with Crippen molar-refractivity contribution in [3.63, 3.8) is 0 Å². The molecule has 2 heterocycles. The molecule has 1 aromatic rings. The van der Waals surface area contributed by atoms with Gasteiger partial charge in [-0.1, -0.05) is 37.3 Å². The number of allylic oxidation sites excluding steroid dienone is 4. The van der Waals surface area contributed by atoms with Gasteiger partial charge in [-0.05, 0) is 54.7 Å². The molecule has 0 N–H and O–H groups in total. The van der Waals surface area contributed by atoms with E-state index in [1.165, 1.54) is 19.4 Å². The van der Waals surface area contributed by atoms with Gasteiger partial charge in [-0.25, -0.2) is 9.59 Å². The fraction of sp³-hybridized carbons (Fsp3) is 0.346. The van der Waals surface area contributed by atoms with E-state index in [1.807, 2.05) is 32.1 Å². The molecule has 174 valence electrons. The van der Waals surface area contributed by atoms with Crippen molar-refractivity contribution in [2.24, 2.45) is 5.92 Å². The van der Waals surface area contributed by atoms with Crippen molar-refractivity contribution in [1.82, 2.24) is 9.88 Å². The van der Waals surface area contributed by atoms with Gasteiger partial charge in [0.25, 0.3) is 0 Å². The molecular formula is C26H29ClN2O4. The van der Waals surface area contributed by atoms with Crippen molar-refractivity contribution >= 4 is 23.5 Å². The van der Waals surface area contributed by atoms with Gasteiger partial charge in [-0.3, -0.25) is 9.88 Å². The number of pyridine rings is 1. The molecule has 1 aliphatic carbocycles. The van der Waals surface area contributed by atoms with E-state index in [0.717, 1.165) is 23.1 Å². The molecule has 3 rings (SSSR count). The second kappa shape index (κ2) is 11.3. The van der Waals surface area contributed by atoms with Crippen LogP contribution in [0.5, 0.6) is 0 Å². The molecule has 0 spiro atoms. The van der Waals surface area contributed by atoms with Crippen LogP contribution in [0, 0.1) is 5.92 Å². The van der Waals surface area contributed by atoms with Crippen molar-refractivity contribution in [2.45, 2.75) is 31.7 Å². The van der Waals surface area contributed by atoms with Crippen molar-refractivity contribution in [3.05, 3.63) is 89.5 Å². The predicted octanol–water partition coefficient (Wildman–Crippen LogP) is 4.61. The largest absolute Gasteiger partial charge is 0.468 e. The zero-order valence-electron chi connectivity index (χ0n) is 19.2. The number of halogens is 1. The molecule has 3 atom stereocenters. The lowest BCUT2D eigenvalue weighted by molar-refractivity contribution is -0.145. The molecule has 1 aliphatic heterocycles. The normalized spacial score (nSPS) is 22.4. The van der Waals surface area contributed by atoms with E-state index in [4.69, 9.17) is 21.1 Å². The molecule has 7 heteroatoms. The zero-order valence-corrected chi connectivity index (χ0v) is 19.9. The van der Waals surface area contributed by atoms with E-state index in [1.54, 1.807) is 24.4 Å². The Morgan fingerprint density at radius 1 is 1.39 bits per heavy atom. The second-order valence-electron chi connectivity index (χ2n) is 8.15. The third kappa shape index (κ3) is 5.89. The Kier molecular flexibility index (Phi) is 8.42. The van der Waals surface area contributed by atoms with Crippen molar-refractivity contribution in [2.75, 3.05) is 20.2 Å². The summed E-state index contributed by atoms with van der Waals surface area (Å²) < 4.78 is 10.7. The summed E-state index contributed by atoms with van der Waals surface area (Å²) in [6.07, 6.45) is 13.0. The summed E-state index contributed by atoms with van der Waals surface area (Å²) >= 11 is 6.68. The lowest BCUT2D eigenvalue weighted by Gasteiger charge is -2.37. The summed E-state index contributed by atoms with van der Waals surface area (Å²) in [5, 5.41) is -0.297. The van der Waals surface area contributed by atoms with Gasteiger partial charge in [-0.15, -0.1) is 11.6 Å². The number of aromatic nitrogens is 1. The number of ether oxygens (including phenoxy) is 2. The standard InChI is InChI=1S/C26H29ClN2O4/c1-5-21(33-25(30)19-9-7-12-28-15-19)14-20-16-29(13-11-17(20)2)24(26(31)32-4)22-10-6-8-18(3)23(22)27/h5-10,12,14-15,18,23-24H,1,11,13,16H2,2-4H3/b21-14+/t18?,23?,24-/m0/s1. The van der Waals surface area contributed by atoms with Crippen LogP contribution >= 0.6 is 11.6 Å². The Morgan fingerprint density at radius 2 is 2.18 bits per heavy atom. The number of carbonyl (C=O) groups is 2. The molecule has 0 bridgehead atoms. The van der Waals surface area contributed by atoms with E-state index in [2.05, 4.69) is 16.5 Å². The summed E-state index contributed by atoms with van der Waals surface area (Å²) in [6.45, 7) is 9.00. The first-order chi connectivity index (χ1) is 15.8. The molecule has 0 amide bonds. The maximum Gasteiger partial charge on any atom is 0.345 e. The highest BCUT2D eigenvalue weighted by Gasteiger charge is 2.37. The lowest BCUT2D eigenvalue weighted by atomic mass is 9.88. The molecule has 0 aromatic carbocycles. The van der Waals surface area contributed by atoms with Crippen LogP contribution in [-0.4, -0.2) is 53.4 Å². The SMILES string of the molecule is C=C/C(=C\C1=C(C)CCN([C@H](C(=O)OC)C2=CC=CC(C)C2Cl)C1)OC(=O)c1cccnc1. The number of hydrogen-bond donors (Lipinski definition) is 0. The number of alkyl halides is 1. The topological polar surface area (TPSA) is 68.7 Å². The van der Waals surface area contributed by atoms with Crippen molar-refractivity contribution < 1.29 is 19.1 Å². The number of carbonyl (C=O) groups excluding carboxylic acids is 2. The number of hydrogen-bond acceptors (Lipinski definition) is 6. The molecular weight excluding hydrogens is 440 g/mol. The molecule has 2 unspecified atom stereocenters. The van der Waals surface area contributed by atoms with Crippen molar-refractivity contribution in [1.29, 1.82) is 0 Å². The Bertz CT molecular complexity index is 1030. The van der Waals surface area contributed by atoms with Crippen LogP contribution in [0.4, 0.5) is 0 Å². The van der Waals surface area contributed by atoms with Gasteiger partial charge in [0.1, 0.15) is 11.8 Å². The summed E-state index contributed by atoms with van der Waals surface area (Å²) in [6, 6.07) is 2.72. The third-order valence-corrected chi connectivity index (χ3v) is 6.56. The van der Waals surface area contributed by atoms with E-state index >= 15 is 0 Å². The van der Waals surface area contributed by atoms with Crippen LogP contribution in [0.15, 0.2) is 84.0 Å². The van der Waals surface area contributed by atoms with Crippen LogP contribution in [0.1, 0.15) is 30.6 Å². The van der Waals surface area contributed by atoms with Gasteiger partial charge in [0.2, 0.25) is 0 Å². The molecule has 2 aliphatic rings. The first kappa shape index (κ1) is 24.7. The predicted molar refractivity (Wildman–Crippen MR) is 129 cm³/mol. The summed E-state index contributed by atoms with van der Waals surface area (Å²) in [5.74, 6) is -0.409. The lowest BCUT2D eigenvalue weighted by Crippen LogP contribution is -2.48. The number of nitrogens with zero attached hydrogens (tertiary/aromatic N) is 2. The fourth-order valence-corrected chi connectivity index (χ4v) is 4.21. The summed E-state index contributed by atoms with van der Waals surface area (Å²) in [4.78, 5) is 31.3. The molecule has 0 radical (unpaired) electrons. The van der Waals surface area contributed by atoms with E-state index in [9.17, 15) is 9.59 Å². The van der Waals surface area contributed by atoms with Crippen LogP contribution in [0.25, 0.3) is 0 Å². The first-order valence-corrected chi connectivity index (χ1v) is 11.3. The second-order valence-corrected chi connectivity index (χ2v) is 8.62. The fourth-order valence-electron chi connectivity index (χ4n) is 3.93. The number of esters is 2. The van der Waals surface area contributed by atoms with Crippen LogP contribution < -0.4 is 0 Å². The van der Waals surface area contributed by atoms with Crippen LogP contribution in [0.2, 0.25) is 0 Å². The molecule has 0 saturated heterocycles. The Morgan fingerprint density at radius 3 is 2.85 bits per heavy atom. The summed E-state index contributed by atoms with van der Waals surface area (Å²) in [5.41, 5.74) is 3.29. The molecule has 33 heavy (non-hydrogen) atoms. The van der Waals surface area contributed by atoms with Crippen LogP contribution in [0.3, 0.4) is 0 Å². The average molecular weight is 469 g/mol. The highest BCUT2D eigenvalue weighted by Crippen LogP contribution is 2.32. The van der Waals surface area contributed by atoms with Gasteiger partial charge >= 0.3 is 11.9 Å². The van der Waals surface area contributed by atoms with Crippen molar-refractivity contribution in [3.8, 4) is 0 Å². The van der Waals surface area contributed by atoms with E-state index < -0.39 is 12.0 Å².